The fraction of sp³-hybridized carbons (Fsp3) is 0.444. The minimum atomic E-state index is -3.60. The summed E-state index contributed by atoms with van der Waals surface area (Å²) >= 11 is 5.73. The van der Waals surface area contributed by atoms with E-state index in [-0.39, 0.29) is 22.3 Å². The van der Waals surface area contributed by atoms with Crippen molar-refractivity contribution in [3.63, 3.8) is 0 Å². The zero-order chi connectivity index (χ0) is 13.1. The van der Waals surface area contributed by atoms with Gasteiger partial charge in [-0.05, 0) is 6.07 Å². The van der Waals surface area contributed by atoms with Crippen LogP contribution in [0.4, 0.5) is 5.82 Å². The van der Waals surface area contributed by atoms with E-state index in [9.17, 15) is 8.42 Å². The first-order valence-corrected chi connectivity index (χ1v) is 6.57. The Labute approximate surface area is 105 Å². The van der Waals surface area contributed by atoms with Crippen LogP contribution in [-0.4, -0.2) is 45.0 Å². The van der Waals surface area contributed by atoms with Crippen LogP contribution in [0.1, 0.15) is 0 Å². The van der Waals surface area contributed by atoms with Crippen LogP contribution in [0.25, 0.3) is 0 Å². The van der Waals surface area contributed by atoms with Crippen LogP contribution in [0.2, 0.25) is 5.02 Å². The lowest BCUT2D eigenvalue weighted by Crippen LogP contribution is -2.30. The number of halogens is 1. The molecule has 8 heteroatoms. The van der Waals surface area contributed by atoms with E-state index < -0.39 is 10.0 Å². The largest absolute Gasteiger partial charge is 0.383 e. The third-order valence-electron chi connectivity index (χ3n) is 2.16. The molecule has 2 N–H and O–H groups in total. The van der Waals surface area contributed by atoms with Crippen LogP contribution in [0.5, 0.6) is 0 Å². The van der Waals surface area contributed by atoms with Crippen molar-refractivity contribution in [2.75, 3.05) is 33.0 Å². The van der Waals surface area contributed by atoms with E-state index in [4.69, 9.17) is 22.1 Å². The Morgan fingerprint density at radius 3 is 2.76 bits per heavy atom. The molecule has 1 aromatic rings. The van der Waals surface area contributed by atoms with Crippen molar-refractivity contribution in [2.45, 2.75) is 4.90 Å². The van der Waals surface area contributed by atoms with Crippen molar-refractivity contribution < 1.29 is 13.2 Å². The minimum Gasteiger partial charge on any atom is -0.383 e. The second-order valence-corrected chi connectivity index (χ2v) is 5.81. The topological polar surface area (TPSA) is 85.5 Å². The predicted molar refractivity (Wildman–Crippen MR) is 65.4 cm³/mol. The van der Waals surface area contributed by atoms with Gasteiger partial charge in [-0.15, -0.1) is 0 Å². The number of likely N-dealkylation sites (N-methyl/N-ethyl adjacent to an activating group) is 1. The van der Waals surface area contributed by atoms with Gasteiger partial charge in [-0.25, -0.2) is 13.4 Å². The number of ether oxygens (including phenoxy) is 1. The predicted octanol–water partition coefficient (Wildman–Crippen LogP) is 0.584. The van der Waals surface area contributed by atoms with E-state index in [1.165, 1.54) is 30.7 Å². The third-order valence-corrected chi connectivity index (χ3v) is 4.29. The number of hydrogen-bond acceptors (Lipinski definition) is 5. The molecule has 0 saturated carbocycles. The van der Waals surface area contributed by atoms with Gasteiger partial charge >= 0.3 is 0 Å². The molecule has 0 radical (unpaired) electrons. The van der Waals surface area contributed by atoms with E-state index >= 15 is 0 Å². The third kappa shape index (κ3) is 3.29. The highest BCUT2D eigenvalue weighted by Crippen LogP contribution is 2.21. The number of hydrogen-bond donors (Lipinski definition) is 1. The number of sulfonamides is 1. The SMILES string of the molecule is COCCN(C)S(=O)(=O)c1cnc(N)c(Cl)c1. The second kappa shape index (κ2) is 5.63. The Morgan fingerprint density at radius 2 is 2.24 bits per heavy atom. The number of nitrogens with two attached hydrogens (primary N) is 1. The molecule has 1 heterocycles. The van der Waals surface area contributed by atoms with Crippen LogP contribution in [-0.2, 0) is 14.8 Å². The number of aromatic nitrogens is 1. The van der Waals surface area contributed by atoms with Crippen LogP contribution in [0.15, 0.2) is 17.2 Å². The number of methoxy groups -OCH3 is 1. The molecule has 0 amide bonds. The van der Waals surface area contributed by atoms with Gasteiger partial charge in [0.05, 0.1) is 11.6 Å². The van der Waals surface area contributed by atoms with E-state index in [0.29, 0.717) is 6.61 Å². The van der Waals surface area contributed by atoms with E-state index in [2.05, 4.69) is 4.98 Å². The summed E-state index contributed by atoms with van der Waals surface area (Å²) in [6.07, 6.45) is 1.18. The summed E-state index contributed by atoms with van der Waals surface area (Å²) < 4.78 is 30.1. The van der Waals surface area contributed by atoms with Crippen molar-refractivity contribution in [1.29, 1.82) is 0 Å². The van der Waals surface area contributed by atoms with Crippen LogP contribution in [0, 0.1) is 0 Å². The van der Waals surface area contributed by atoms with Gasteiger partial charge in [0.2, 0.25) is 10.0 Å². The molecule has 0 spiro atoms. The number of anilines is 1. The van der Waals surface area contributed by atoms with Crippen LogP contribution >= 0.6 is 11.6 Å². The van der Waals surface area contributed by atoms with E-state index in [1.54, 1.807) is 0 Å². The van der Waals surface area contributed by atoms with Crippen molar-refractivity contribution in [3.05, 3.63) is 17.3 Å². The summed E-state index contributed by atoms with van der Waals surface area (Å²) in [5.41, 5.74) is 5.42. The normalized spacial score (nSPS) is 12.0. The number of rotatable bonds is 5. The van der Waals surface area contributed by atoms with E-state index in [1.807, 2.05) is 0 Å². The quantitative estimate of drug-likeness (QED) is 0.852. The first-order valence-electron chi connectivity index (χ1n) is 4.76. The molecule has 0 unspecified atom stereocenters. The van der Waals surface area contributed by atoms with Gasteiger partial charge in [0.1, 0.15) is 10.7 Å². The summed E-state index contributed by atoms with van der Waals surface area (Å²) in [5.74, 6) is 0.102. The molecule has 0 aliphatic rings. The number of pyridine rings is 1. The van der Waals surface area contributed by atoms with Gasteiger partial charge in [0.25, 0.3) is 0 Å². The molecule has 6 nitrogen and oxygen atoms in total. The maximum absolute atomic E-state index is 12.0. The van der Waals surface area contributed by atoms with Crippen molar-refractivity contribution in [3.8, 4) is 0 Å². The van der Waals surface area contributed by atoms with Crippen molar-refractivity contribution in [2.24, 2.45) is 0 Å². The highest BCUT2D eigenvalue weighted by Gasteiger charge is 2.21. The molecule has 0 fully saturated rings. The zero-order valence-electron chi connectivity index (χ0n) is 9.55. The summed E-state index contributed by atoms with van der Waals surface area (Å²) in [4.78, 5) is 3.73. The molecule has 0 atom stereocenters. The molecule has 0 bridgehead atoms. The molecular weight excluding hydrogens is 266 g/mol. The summed E-state index contributed by atoms with van der Waals surface area (Å²) in [7, 11) is -0.641. The molecule has 0 aromatic carbocycles. The minimum absolute atomic E-state index is 0.00954. The standard InChI is InChI=1S/C9H14ClN3O3S/c1-13(3-4-16-2)17(14,15)7-5-8(10)9(11)12-6-7/h5-6H,3-4H2,1-2H3,(H2,11,12). The number of nitrogen functional groups attached to an aromatic ring is 1. The fourth-order valence-electron chi connectivity index (χ4n) is 1.09. The molecule has 1 rings (SSSR count). The lowest BCUT2D eigenvalue weighted by molar-refractivity contribution is 0.185. The van der Waals surface area contributed by atoms with Gasteiger partial charge in [-0.3, -0.25) is 0 Å². The fourth-order valence-corrected chi connectivity index (χ4v) is 2.45. The molecule has 1 aromatic heterocycles. The first-order chi connectivity index (χ1) is 7.89. The van der Waals surface area contributed by atoms with Gasteiger partial charge in [0, 0.05) is 26.9 Å². The summed E-state index contributed by atoms with van der Waals surface area (Å²) in [6, 6.07) is 1.28. The molecular formula is C9H14ClN3O3S. The molecule has 96 valence electrons. The number of nitrogens with zero attached hydrogens (tertiary/aromatic N) is 2. The molecule has 17 heavy (non-hydrogen) atoms. The van der Waals surface area contributed by atoms with Crippen LogP contribution in [0.3, 0.4) is 0 Å². The van der Waals surface area contributed by atoms with Crippen molar-refractivity contribution in [1.82, 2.24) is 9.29 Å². The average molecular weight is 280 g/mol. The molecule has 0 saturated heterocycles. The Bertz CT molecular complexity index is 492. The second-order valence-electron chi connectivity index (χ2n) is 3.36. The Morgan fingerprint density at radius 1 is 1.59 bits per heavy atom. The van der Waals surface area contributed by atoms with Crippen LogP contribution < -0.4 is 5.73 Å². The highest BCUT2D eigenvalue weighted by atomic mass is 35.5. The first kappa shape index (κ1) is 14.2. The Balaban J connectivity index is 3.00. The smallest absolute Gasteiger partial charge is 0.244 e. The molecule has 0 aliphatic carbocycles. The van der Waals surface area contributed by atoms with Gasteiger partial charge in [-0.2, -0.15) is 4.31 Å². The Hall–Kier alpha value is -0.890. The zero-order valence-corrected chi connectivity index (χ0v) is 11.1. The highest BCUT2D eigenvalue weighted by molar-refractivity contribution is 7.89. The summed E-state index contributed by atoms with van der Waals surface area (Å²) in [5, 5.41) is 0.117. The van der Waals surface area contributed by atoms with E-state index in [0.717, 1.165) is 0 Å². The van der Waals surface area contributed by atoms with Gasteiger partial charge in [-0.1, -0.05) is 11.6 Å². The maximum Gasteiger partial charge on any atom is 0.244 e. The molecule has 0 aliphatic heterocycles. The lowest BCUT2D eigenvalue weighted by Gasteiger charge is -2.16. The van der Waals surface area contributed by atoms with Crippen molar-refractivity contribution >= 4 is 27.4 Å². The monoisotopic (exact) mass is 279 g/mol. The lowest BCUT2D eigenvalue weighted by atomic mass is 10.5. The summed E-state index contributed by atoms with van der Waals surface area (Å²) in [6.45, 7) is 0.562. The Kier molecular flexibility index (Phi) is 4.70. The van der Waals surface area contributed by atoms with Gasteiger partial charge < -0.3 is 10.5 Å². The van der Waals surface area contributed by atoms with Gasteiger partial charge in [0.15, 0.2) is 0 Å². The average Bonchev–Trinajstić information content (AvgIpc) is 2.29. The maximum atomic E-state index is 12.0.